The molecule has 1 aliphatic heterocycles. The summed E-state index contributed by atoms with van der Waals surface area (Å²) in [6.07, 6.45) is 8.54. The quantitative estimate of drug-likeness (QED) is 0.733. The predicted molar refractivity (Wildman–Crippen MR) is 107 cm³/mol. The van der Waals surface area contributed by atoms with Crippen molar-refractivity contribution >= 4 is 17.4 Å². The Bertz CT molecular complexity index is 988. The summed E-state index contributed by atoms with van der Waals surface area (Å²) in [4.78, 5) is 32.2. The number of anilines is 2. The Kier molecular flexibility index (Phi) is 5.41. The number of halogens is 1. The topological polar surface area (TPSA) is 83.9 Å². The van der Waals surface area contributed by atoms with E-state index >= 15 is 0 Å². The van der Waals surface area contributed by atoms with Crippen molar-refractivity contribution in [2.45, 2.75) is 25.7 Å². The number of nitrogens with one attached hydrogen (secondary N) is 1. The van der Waals surface area contributed by atoms with Gasteiger partial charge in [0.25, 0.3) is 5.91 Å². The lowest BCUT2D eigenvalue weighted by molar-refractivity contribution is 0.102. The lowest BCUT2D eigenvalue weighted by Crippen LogP contribution is -2.34. The number of benzene rings is 1. The Morgan fingerprint density at radius 2 is 1.86 bits per heavy atom. The molecular weight excluding hydrogens is 371 g/mol. The Labute approximate surface area is 168 Å². The van der Waals surface area contributed by atoms with Gasteiger partial charge in [-0.05, 0) is 44.0 Å². The molecule has 1 N–H and O–H groups in total. The summed E-state index contributed by atoms with van der Waals surface area (Å²) in [5, 5.41) is 2.74. The summed E-state index contributed by atoms with van der Waals surface area (Å²) in [5.41, 5.74) is 1.57. The Morgan fingerprint density at radius 1 is 1.10 bits per heavy atom. The van der Waals surface area contributed by atoms with Crippen LogP contribution in [0.2, 0.25) is 0 Å². The zero-order valence-corrected chi connectivity index (χ0v) is 16.0. The molecule has 4 rings (SSSR count). The van der Waals surface area contributed by atoms with Crippen LogP contribution < -0.4 is 10.2 Å². The first-order chi connectivity index (χ1) is 14.1. The van der Waals surface area contributed by atoms with E-state index in [1.165, 1.54) is 24.3 Å². The maximum absolute atomic E-state index is 13.0. The summed E-state index contributed by atoms with van der Waals surface area (Å²) in [5.74, 6) is 1.24. The molecule has 0 bridgehead atoms. The molecule has 0 spiro atoms. The van der Waals surface area contributed by atoms with Gasteiger partial charge in [0.1, 0.15) is 17.5 Å². The van der Waals surface area contributed by atoms with Crippen molar-refractivity contribution < 1.29 is 9.18 Å². The minimum atomic E-state index is -0.350. The molecular formula is C21H21FN6O. The normalized spacial score (nSPS) is 14.6. The van der Waals surface area contributed by atoms with Crippen LogP contribution in [0, 0.1) is 12.7 Å². The molecule has 148 valence electrons. The van der Waals surface area contributed by atoms with Crippen LogP contribution in [0.1, 0.15) is 40.6 Å². The van der Waals surface area contributed by atoms with E-state index in [0.717, 1.165) is 37.6 Å². The van der Waals surface area contributed by atoms with Gasteiger partial charge in [0.2, 0.25) is 0 Å². The first-order valence-corrected chi connectivity index (χ1v) is 9.51. The van der Waals surface area contributed by atoms with Gasteiger partial charge >= 0.3 is 0 Å². The number of aryl methyl sites for hydroxylation is 1. The standard InChI is InChI=1S/C21H21FN6O/c1-14-18(21(29)27-17-4-2-16(22)3-5-17)12-25-20(26-14)15-6-10-28(11-7-15)19-13-23-8-9-24-19/h2-5,8-9,12-13,15H,6-7,10-11H2,1H3,(H,27,29). The smallest absolute Gasteiger partial charge is 0.259 e. The maximum Gasteiger partial charge on any atom is 0.259 e. The minimum Gasteiger partial charge on any atom is -0.355 e. The molecule has 2 aromatic heterocycles. The fourth-order valence-corrected chi connectivity index (χ4v) is 3.46. The highest BCUT2D eigenvalue weighted by molar-refractivity contribution is 6.04. The van der Waals surface area contributed by atoms with Crippen LogP contribution in [-0.4, -0.2) is 38.9 Å². The van der Waals surface area contributed by atoms with Crippen LogP contribution in [0.25, 0.3) is 0 Å². The average molecular weight is 392 g/mol. The molecule has 0 saturated carbocycles. The lowest BCUT2D eigenvalue weighted by atomic mass is 9.95. The lowest BCUT2D eigenvalue weighted by Gasteiger charge is -2.31. The molecule has 3 aromatic rings. The molecule has 29 heavy (non-hydrogen) atoms. The van der Waals surface area contributed by atoms with Gasteiger partial charge in [-0.2, -0.15) is 0 Å². The molecule has 0 aliphatic carbocycles. The van der Waals surface area contributed by atoms with Gasteiger partial charge in [0.05, 0.1) is 17.5 Å². The molecule has 1 fully saturated rings. The van der Waals surface area contributed by atoms with Gasteiger partial charge < -0.3 is 10.2 Å². The van der Waals surface area contributed by atoms with E-state index in [4.69, 9.17) is 0 Å². The van der Waals surface area contributed by atoms with E-state index < -0.39 is 0 Å². The number of rotatable bonds is 4. The summed E-state index contributed by atoms with van der Waals surface area (Å²) < 4.78 is 13.0. The number of carbonyl (C=O) groups is 1. The Morgan fingerprint density at radius 3 is 2.52 bits per heavy atom. The van der Waals surface area contributed by atoms with Crippen LogP contribution in [-0.2, 0) is 0 Å². The summed E-state index contributed by atoms with van der Waals surface area (Å²) >= 11 is 0. The van der Waals surface area contributed by atoms with Crippen LogP contribution in [0.5, 0.6) is 0 Å². The molecule has 8 heteroatoms. The van der Waals surface area contributed by atoms with E-state index in [0.29, 0.717) is 16.9 Å². The highest BCUT2D eigenvalue weighted by atomic mass is 19.1. The SMILES string of the molecule is Cc1nc(C2CCN(c3cnccn3)CC2)ncc1C(=O)Nc1ccc(F)cc1. The number of amides is 1. The zero-order chi connectivity index (χ0) is 20.2. The number of aromatic nitrogens is 4. The summed E-state index contributed by atoms with van der Waals surface area (Å²) in [7, 11) is 0. The number of piperidine rings is 1. The van der Waals surface area contributed by atoms with Crippen LogP contribution >= 0.6 is 0 Å². The van der Waals surface area contributed by atoms with Crippen molar-refractivity contribution in [2.75, 3.05) is 23.3 Å². The number of hydrogen-bond donors (Lipinski definition) is 1. The Hall–Kier alpha value is -3.42. The Balaban J connectivity index is 1.41. The predicted octanol–water partition coefficient (Wildman–Crippen LogP) is 3.35. The van der Waals surface area contributed by atoms with Crippen molar-refractivity contribution in [3.05, 3.63) is 72.0 Å². The highest BCUT2D eigenvalue weighted by Crippen LogP contribution is 2.28. The molecule has 1 aliphatic rings. The second-order valence-corrected chi connectivity index (χ2v) is 7.01. The minimum absolute atomic E-state index is 0.246. The molecule has 1 amide bonds. The molecule has 0 unspecified atom stereocenters. The van der Waals surface area contributed by atoms with Crippen molar-refractivity contribution in [3.63, 3.8) is 0 Å². The van der Waals surface area contributed by atoms with Gasteiger partial charge in [0, 0.05) is 43.3 Å². The van der Waals surface area contributed by atoms with E-state index in [1.54, 1.807) is 31.7 Å². The van der Waals surface area contributed by atoms with E-state index in [1.807, 2.05) is 0 Å². The third-order valence-electron chi connectivity index (χ3n) is 5.08. The van der Waals surface area contributed by atoms with Crippen molar-refractivity contribution in [3.8, 4) is 0 Å². The van der Waals surface area contributed by atoms with Crippen molar-refractivity contribution in [2.24, 2.45) is 0 Å². The van der Waals surface area contributed by atoms with Gasteiger partial charge in [-0.3, -0.25) is 9.78 Å². The zero-order valence-electron chi connectivity index (χ0n) is 16.0. The van der Waals surface area contributed by atoms with E-state index in [-0.39, 0.29) is 17.6 Å². The molecule has 1 saturated heterocycles. The van der Waals surface area contributed by atoms with Gasteiger partial charge in [-0.1, -0.05) is 0 Å². The number of nitrogens with zero attached hydrogens (tertiary/aromatic N) is 5. The van der Waals surface area contributed by atoms with Crippen molar-refractivity contribution in [1.82, 2.24) is 19.9 Å². The largest absolute Gasteiger partial charge is 0.355 e. The number of hydrogen-bond acceptors (Lipinski definition) is 6. The average Bonchev–Trinajstić information content (AvgIpc) is 2.76. The fraction of sp³-hybridized carbons (Fsp3) is 0.286. The van der Waals surface area contributed by atoms with Crippen LogP contribution in [0.15, 0.2) is 49.1 Å². The van der Waals surface area contributed by atoms with Gasteiger partial charge in [-0.25, -0.2) is 19.3 Å². The summed E-state index contributed by atoms with van der Waals surface area (Å²) in [6, 6.07) is 5.64. The summed E-state index contributed by atoms with van der Waals surface area (Å²) in [6.45, 7) is 3.52. The monoisotopic (exact) mass is 392 g/mol. The van der Waals surface area contributed by atoms with E-state index in [2.05, 4.69) is 30.2 Å². The van der Waals surface area contributed by atoms with Crippen LogP contribution in [0.3, 0.4) is 0 Å². The first-order valence-electron chi connectivity index (χ1n) is 9.51. The van der Waals surface area contributed by atoms with Crippen LogP contribution in [0.4, 0.5) is 15.9 Å². The van der Waals surface area contributed by atoms with Gasteiger partial charge in [-0.15, -0.1) is 0 Å². The molecule has 3 heterocycles. The highest BCUT2D eigenvalue weighted by Gasteiger charge is 2.24. The fourth-order valence-electron chi connectivity index (χ4n) is 3.46. The molecule has 0 atom stereocenters. The maximum atomic E-state index is 13.0. The van der Waals surface area contributed by atoms with Crippen molar-refractivity contribution in [1.29, 1.82) is 0 Å². The third-order valence-corrected chi connectivity index (χ3v) is 5.08. The molecule has 1 aromatic carbocycles. The second-order valence-electron chi connectivity index (χ2n) is 7.01. The molecule has 7 nitrogen and oxygen atoms in total. The number of carbonyl (C=O) groups excluding carboxylic acids is 1. The van der Waals surface area contributed by atoms with E-state index in [9.17, 15) is 9.18 Å². The second kappa shape index (κ2) is 8.30. The third kappa shape index (κ3) is 4.37. The first kappa shape index (κ1) is 18.9. The molecule has 0 radical (unpaired) electrons. The van der Waals surface area contributed by atoms with Gasteiger partial charge in [0.15, 0.2) is 0 Å².